The van der Waals surface area contributed by atoms with Crippen molar-refractivity contribution in [3.63, 3.8) is 0 Å². The van der Waals surface area contributed by atoms with E-state index in [-0.39, 0.29) is 31.9 Å². The minimum Gasteiger partial charge on any atom is -0.395 e. The topological polar surface area (TPSA) is 96.6 Å². The average Bonchev–Trinajstić information content (AvgIpc) is 2.47. The summed E-state index contributed by atoms with van der Waals surface area (Å²) in [5, 5.41) is 29.8. The van der Waals surface area contributed by atoms with Gasteiger partial charge in [-0.25, -0.2) is 0 Å². The number of nitrogens with one attached hydrogen (secondary N) is 1. The number of hydrogen-bond donors (Lipinski definition) is 3. The molecule has 1 aromatic carbocycles. The molecule has 0 radical (unpaired) electrons. The molecule has 0 aliphatic heterocycles. The SMILES string of the molecule is Cc1cccc(N/C=C(/C#N)C(=O)N(CCO)CCO)c1. The van der Waals surface area contributed by atoms with Gasteiger partial charge in [0.05, 0.1) is 13.2 Å². The van der Waals surface area contributed by atoms with Gasteiger partial charge < -0.3 is 20.4 Å². The molecule has 1 rings (SSSR count). The second kappa shape index (κ2) is 8.74. The Bertz CT molecular complexity index is 543. The number of aliphatic hydroxyl groups excluding tert-OH is 2. The Kier molecular flexibility index (Phi) is 6.95. The van der Waals surface area contributed by atoms with Gasteiger partial charge in [-0.15, -0.1) is 0 Å². The van der Waals surface area contributed by atoms with Crippen molar-refractivity contribution in [1.82, 2.24) is 4.90 Å². The molecule has 1 amide bonds. The summed E-state index contributed by atoms with van der Waals surface area (Å²) < 4.78 is 0. The first-order chi connectivity index (χ1) is 10.1. The first-order valence-corrected chi connectivity index (χ1v) is 6.56. The second-order valence-electron chi connectivity index (χ2n) is 4.42. The molecular formula is C15H19N3O3. The lowest BCUT2D eigenvalue weighted by molar-refractivity contribution is -0.127. The van der Waals surface area contributed by atoms with E-state index in [2.05, 4.69) is 5.32 Å². The molecule has 3 N–H and O–H groups in total. The minimum absolute atomic E-state index is 0.0723. The molecule has 6 heteroatoms. The van der Waals surface area contributed by atoms with Crippen molar-refractivity contribution in [3.05, 3.63) is 41.6 Å². The summed E-state index contributed by atoms with van der Waals surface area (Å²) in [6.45, 7) is 1.63. The Morgan fingerprint density at radius 3 is 2.57 bits per heavy atom. The fourth-order valence-electron chi connectivity index (χ4n) is 1.76. The molecule has 0 aliphatic rings. The fraction of sp³-hybridized carbons (Fsp3) is 0.333. The highest BCUT2D eigenvalue weighted by atomic mass is 16.3. The standard InChI is InChI=1S/C15H19N3O3/c1-12-3-2-4-14(9-12)17-11-13(10-16)15(21)18(5-7-19)6-8-20/h2-4,9,11,17,19-20H,5-8H2,1H3/b13-11-. The number of anilines is 1. The number of carbonyl (C=O) groups excluding carboxylic acids is 1. The predicted octanol–water partition coefficient (Wildman–Crippen LogP) is 0.628. The highest BCUT2D eigenvalue weighted by Crippen LogP contribution is 2.10. The van der Waals surface area contributed by atoms with E-state index in [1.54, 1.807) is 0 Å². The van der Waals surface area contributed by atoms with Crippen LogP contribution in [0.15, 0.2) is 36.0 Å². The molecule has 112 valence electrons. The predicted molar refractivity (Wildman–Crippen MR) is 79.2 cm³/mol. The third-order valence-electron chi connectivity index (χ3n) is 2.78. The first-order valence-electron chi connectivity index (χ1n) is 6.56. The number of aliphatic hydroxyl groups is 2. The Morgan fingerprint density at radius 2 is 2.05 bits per heavy atom. The summed E-state index contributed by atoms with van der Waals surface area (Å²) in [6, 6.07) is 9.34. The molecule has 0 fully saturated rings. The lowest BCUT2D eigenvalue weighted by Gasteiger charge is -2.20. The molecule has 0 aliphatic carbocycles. The van der Waals surface area contributed by atoms with Crippen molar-refractivity contribution in [2.24, 2.45) is 0 Å². The van der Waals surface area contributed by atoms with Crippen molar-refractivity contribution in [1.29, 1.82) is 5.26 Å². The van der Waals surface area contributed by atoms with Crippen molar-refractivity contribution in [2.75, 3.05) is 31.6 Å². The molecule has 0 spiro atoms. The molecule has 1 aromatic rings. The van der Waals surface area contributed by atoms with Crippen LogP contribution >= 0.6 is 0 Å². The summed E-state index contributed by atoms with van der Waals surface area (Å²) in [5.41, 5.74) is 1.74. The van der Waals surface area contributed by atoms with Crippen molar-refractivity contribution in [2.45, 2.75) is 6.92 Å². The van der Waals surface area contributed by atoms with Crippen molar-refractivity contribution < 1.29 is 15.0 Å². The van der Waals surface area contributed by atoms with Crippen LogP contribution < -0.4 is 5.32 Å². The first kappa shape index (κ1) is 16.7. The smallest absolute Gasteiger partial charge is 0.266 e. The molecule has 0 unspecified atom stereocenters. The average molecular weight is 289 g/mol. The molecule has 6 nitrogen and oxygen atoms in total. The Morgan fingerprint density at radius 1 is 1.38 bits per heavy atom. The van der Waals surface area contributed by atoms with E-state index < -0.39 is 5.91 Å². The van der Waals surface area contributed by atoms with Gasteiger partial charge in [0.2, 0.25) is 0 Å². The number of aryl methyl sites for hydroxylation is 1. The Balaban J connectivity index is 2.83. The quantitative estimate of drug-likeness (QED) is 0.505. The van der Waals surface area contributed by atoms with E-state index in [1.165, 1.54) is 11.1 Å². The zero-order valence-corrected chi connectivity index (χ0v) is 11.9. The molecule has 0 saturated carbocycles. The maximum atomic E-state index is 12.1. The monoisotopic (exact) mass is 289 g/mol. The normalized spacial score (nSPS) is 10.9. The van der Waals surface area contributed by atoms with E-state index in [1.807, 2.05) is 37.3 Å². The zero-order chi connectivity index (χ0) is 15.7. The number of benzene rings is 1. The number of hydrogen-bond acceptors (Lipinski definition) is 5. The number of carbonyl (C=O) groups is 1. The van der Waals surface area contributed by atoms with Gasteiger partial charge in [-0.05, 0) is 24.6 Å². The van der Waals surface area contributed by atoms with Crippen LogP contribution in [0.1, 0.15) is 5.56 Å². The molecule has 0 heterocycles. The maximum Gasteiger partial charge on any atom is 0.266 e. The molecule has 0 saturated heterocycles. The number of rotatable bonds is 7. The van der Waals surface area contributed by atoms with Crippen LogP contribution in [0.4, 0.5) is 5.69 Å². The van der Waals surface area contributed by atoms with Gasteiger partial charge in [0.15, 0.2) is 0 Å². The van der Waals surface area contributed by atoms with Gasteiger partial charge in [0, 0.05) is 25.0 Å². The maximum absolute atomic E-state index is 12.1. The molecule has 0 atom stereocenters. The van der Waals surface area contributed by atoms with Gasteiger partial charge in [-0.1, -0.05) is 12.1 Å². The summed E-state index contributed by atoms with van der Waals surface area (Å²) in [6.07, 6.45) is 1.33. The molecule has 21 heavy (non-hydrogen) atoms. The van der Waals surface area contributed by atoms with Gasteiger partial charge in [0.1, 0.15) is 11.6 Å². The van der Waals surface area contributed by atoms with Crippen LogP contribution in [-0.2, 0) is 4.79 Å². The zero-order valence-electron chi connectivity index (χ0n) is 11.9. The number of nitriles is 1. The fourth-order valence-corrected chi connectivity index (χ4v) is 1.76. The van der Waals surface area contributed by atoms with Gasteiger partial charge in [-0.3, -0.25) is 4.79 Å². The largest absolute Gasteiger partial charge is 0.395 e. The lowest BCUT2D eigenvalue weighted by atomic mass is 10.2. The lowest BCUT2D eigenvalue weighted by Crippen LogP contribution is -2.36. The van der Waals surface area contributed by atoms with Crippen molar-refractivity contribution >= 4 is 11.6 Å². The van der Waals surface area contributed by atoms with Gasteiger partial charge >= 0.3 is 0 Å². The summed E-state index contributed by atoms with van der Waals surface area (Å²) >= 11 is 0. The van der Waals surface area contributed by atoms with Crippen LogP contribution in [0.3, 0.4) is 0 Å². The third-order valence-corrected chi connectivity index (χ3v) is 2.78. The van der Waals surface area contributed by atoms with Crippen molar-refractivity contribution in [3.8, 4) is 6.07 Å². The number of amides is 1. The summed E-state index contributed by atoms with van der Waals surface area (Å²) in [5.74, 6) is -0.527. The van der Waals surface area contributed by atoms with Crippen LogP contribution in [0.2, 0.25) is 0 Å². The molecular weight excluding hydrogens is 270 g/mol. The molecule has 0 bridgehead atoms. The van der Waals surface area contributed by atoms with Crippen LogP contribution in [-0.4, -0.2) is 47.3 Å². The van der Waals surface area contributed by atoms with E-state index in [4.69, 9.17) is 15.5 Å². The highest BCUT2D eigenvalue weighted by molar-refractivity contribution is 5.97. The Hall–Kier alpha value is -2.36. The number of nitrogens with zero attached hydrogens (tertiary/aromatic N) is 2. The van der Waals surface area contributed by atoms with Gasteiger partial charge in [0.25, 0.3) is 5.91 Å². The van der Waals surface area contributed by atoms with Crippen LogP contribution in [0.5, 0.6) is 0 Å². The van der Waals surface area contributed by atoms with Gasteiger partial charge in [-0.2, -0.15) is 5.26 Å². The minimum atomic E-state index is -0.527. The summed E-state index contributed by atoms with van der Waals surface area (Å²) in [4.78, 5) is 13.3. The van der Waals surface area contributed by atoms with E-state index in [0.29, 0.717) is 0 Å². The van der Waals surface area contributed by atoms with E-state index >= 15 is 0 Å². The van der Waals surface area contributed by atoms with Crippen LogP contribution in [0, 0.1) is 18.3 Å². The highest BCUT2D eigenvalue weighted by Gasteiger charge is 2.17. The summed E-state index contributed by atoms with van der Waals surface area (Å²) in [7, 11) is 0. The third kappa shape index (κ3) is 5.26. The van der Waals surface area contributed by atoms with E-state index in [9.17, 15) is 4.79 Å². The van der Waals surface area contributed by atoms with E-state index in [0.717, 1.165) is 11.3 Å². The Labute approximate surface area is 123 Å². The molecule has 0 aromatic heterocycles. The second-order valence-corrected chi connectivity index (χ2v) is 4.42. The van der Waals surface area contributed by atoms with Crippen LogP contribution in [0.25, 0.3) is 0 Å².